The molecule has 0 aliphatic rings. The van der Waals surface area contributed by atoms with Crippen LogP contribution in [0.3, 0.4) is 0 Å². The fraction of sp³-hybridized carbons (Fsp3) is 0.273. The van der Waals surface area contributed by atoms with Crippen molar-refractivity contribution in [1.82, 2.24) is 9.97 Å². The molecule has 0 unspecified atom stereocenters. The van der Waals surface area contributed by atoms with Gasteiger partial charge in [0.2, 0.25) is 11.8 Å². The van der Waals surface area contributed by atoms with Gasteiger partial charge >= 0.3 is 0 Å². The Morgan fingerprint density at radius 2 is 2.35 bits per heavy atom. The molecular weight excluding hydrogens is 238 g/mol. The van der Waals surface area contributed by atoms with E-state index in [-0.39, 0.29) is 6.61 Å². The summed E-state index contributed by atoms with van der Waals surface area (Å²) >= 11 is 1.57. The number of aliphatic hydroxyl groups excluding tert-OH is 1. The molecule has 2 aromatic rings. The van der Waals surface area contributed by atoms with Gasteiger partial charge in [0.25, 0.3) is 0 Å². The van der Waals surface area contributed by atoms with Crippen molar-refractivity contribution in [1.29, 1.82) is 0 Å². The van der Waals surface area contributed by atoms with Crippen LogP contribution in [0.4, 0.5) is 5.95 Å². The summed E-state index contributed by atoms with van der Waals surface area (Å²) in [6, 6.07) is 3.58. The molecule has 0 saturated heterocycles. The second-order valence-electron chi connectivity index (χ2n) is 3.40. The third-order valence-electron chi connectivity index (χ3n) is 2.11. The van der Waals surface area contributed by atoms with Crippen LogP contribution in [0.25, 0.3) is 0 Å². The number of hydrogen-bond donors (Lipinski definition) is 1. The molecule has 2 aromatic heterocycles. The van der Waals surface area contributed by atoms with Crippen molar-refractivity contribution >= 4 is 17.3 Å². The van der Waals surface area contributed by atoms with E-state index in [1.165, 1.54) is 0 Å². The van der Waals surface area contributed by atoms with Crippen LogP contribution in [0.2, 0.25) is 0 Å². The van der Waals surface area contributed by atoms with Crippen molar-refractivity contribution in [3.05, 3.63) is 29.1 Å². The van der Waals surface area contributed by atoms with Gasteiger partial charge in [-0.05, 0) is 11.4 Å². The molecule has 0 spiro atoms. The van der Waals surface area contributed by atoms with E-state index in [9.17, 15) is 0 Å². The highest BCUT2D eigenvalue weighted by Crippen LogP contribution is 2.22. The number of nitrogens with zero attached hydrogens (tertiary/aromatic N) is 3. The average molecular weight is 251 g/mol. The Hall–Kier alpha value is -1.66. The first-order valence-corrected chi connectivity index (χ1v) is 6.09. The van der Waals surface area contributed by atoms with E-state index in [0.717, 1.165) is 5.75 Å². The Bertz CT molecular complexity index is 461. The molecule has 6 heteroatoms. The number of aromatic nitrogens is 2. The molecule has 0 atom stereocenters. The third-order valence-corrected chi connectivity index (χ3v) is 2.77. The molecule has 0 amide bonds. The molecule has 0 aliphatic heterocycles. The Morgan fingerprint density at radius 1 is 1.47 bits per heavy atom. The highest BCUT2D eigenvalue weighted by Gasteiger charge is 2.06. The minimum absolute atomic E-state index is 0.0650. The van der Waals surface area contributed by atoms with Crippen LogP contribution < -0.4 is 9.64 Å². The van der Waals surface area contributed by atoms with Crippen molar-refractivity contribution in [3.8, 4) is 11.6 Å². The molecule has 17 heavy (non-hydrogen) atoms. The minimum Gasteiger partial charge on any atom is -0.438 e. The monoisotopic (exact) mass is 251 g/mol. The van der Waals surface area contributed by atoms with E-state index in [1.54, 1.807) is 28.5 Å². The van der Waals surface area contributed by atoms with E-state index < -0.39 is 0 Å². The van der Waals surface area contributed by atoms with E-state index in [4.69, 9.17) is 9.84 Å². The first-order chi connectivity index (χ1) is 8.29. The van der Waals surface area contributed by atoms with E-state index in [0.29, 0.717) is 18.4 Å². The second-order valence-corrected chi connectivity index (χ2v) is 4.18. The normalized spacial score (nSPS) is 10.2. The Morgan fingerprint density at radius 3 is 3.06 bits per heavy atom. The number of aliphatic hydroxyl groups is 1. The van der Waals surface area contributed by atoms with Gasteiger partial charge in [0.1, 0.15) is 5.75 Å². The molecule has 2 heterocycles. The Balaban J connectivity index is 2.11. The molecule has 1 N–H and O–H groups in total. The summed E-state index contributed by atoms with van der Waals surface area (Å²) in [6.45, 7) is 0.553. The van der Waals surface area contributed by atoms with Crippen molar-refractivity contribution in [3.63, 3.8) is 0 Å². The van der Waals surface area contributed by atoms with E-state index in [2.05, 4.69) is 9.97 Å². The lowest BCUT2D eigenvalue weighted by Crippen LogP contribution is -2.23. The maximum atomic E-state index is 8.85. The first kappa shape index (κ1) is 11.8. The molecule has 0 saturated carbocycles. The Kier molecular flexibility index (Phi) is 3.89. The maximum Gasteiger partial charge on any atom is 0.228 e. The summed E-state index contributed by atoms with van der Waals surface area (Å²) < 4.78 is 5.56. The highest BCUT2D eigenvalue weighted by atomic mass is 32.1. The number of ether oxygens (including phenoxy) is 1. The standard InChI is InChI=1S/C11H13N3O2S/c1-14(5-6-15)11-12-4-2-10(13-11)16-9-3-7-17-8-9/h2-4,7-8,15H,5-6H2,1H3. The van der Waals surface area contributed by atoms with E-state index in [1.807, 2.05) is 23.9 Å². The summed E-state index contributed by atoms with van der Waals surface area (Å²) in [5, 5.41) is 12.7. The summed E-state index contributed by atoms with van der Waals surface area (Å²) in [4.78, 5) is 10.1. The molecule has 5 nitrogen and oxygen atoms in total. The van der Waals surface area contributed by atoms with Crippen LogP contribution in [-0.4, -0.2) is 35.3 Å². The molecular formula is C11H13N3O2S. The second kappa shape index (κ2) is 5.60. The third kappa shape index (κ3) is 3.15. The number of hydrogen-bond acceptors (Lipinski definition) is 6. The topological polar surface area (TPSA) is 58.5 Å². The van der Waals surface area contributed by atoms with Gasteiger partial charge in [0.05, 0.1) is 6.61 Å². The predicted octanol–water partition coefficient (Wildman–Crippen LogP) is 1.76. The summed E-state index contributed by atoms with van der Waals surface area (Å²) in [5.74, 6) is 1.80. The van der Waals surface area contributed by atoms with Gasteiger partial charge in [-0.15, -0.1) is 11.3 Å². The summed E-state index contributed by atoms with van der Waals surface area (Å²) in [5.41, 5.74) is 0. The highest BCUT2D eigenvalue weighted by molar-refractivity contribution is 7.08. The van der Waals surface area contributed by atoms with E-state index >= 15 is 0 Å². The quantitative estimate of drug-likeness (QED) is 0.877. The summed E-state index contributed by atoms with van der Waals surface area (Å²) in [6.07, 6.45) is 1.64. The maximum absolute atomic E-state index is 8.85. The van der Waals surface area contributed by atoms with Crippen molar-refractivity contribution in [2.45, 2.75) is 0 Å². The number of likely N-dealkylation sites (N-methyl/N-ethyl adjacent to an activating group) is 1. The minimum atomic E-state index is 0.0650. The van der Waals surface area contributed by atoms with Gasteiger partial charge in [0.15, 0.2) is 0 Å². The fourth-order valence-corrected chi connectivity index (χ4v) is 1.81. The van der Waals surface area contributed by atoms with Crippen molar-refractivity contribution in [2.24, 2.45) is 0 Å². The molecule has 0 fully saturated rings. The van der Waals surface area contributed by atoms with Gasteiger partial charge in [0, 0.05) is 31.2 Å². The first-order valence-electron chi connectivity index (χ1n) is 5.14. The molecule has 0 aromatic carbocycles. The zero-order chi connectivity index (χ0) is 12.1. The van der Waals surface area contributed by atoms with Crippen LogP contribution in [0.1, 0.15) is 0 Å². The number of anilines is 1. The van der Waals surface area contributed by atoms with Crippen molar-refractivity contribution in [2.75, 3.05) is 25.1 Å². The van der Waals surface area contributed by atoms with Gasteiger partial charge in [-0.3, -0.25) is 0 Å². The van der Waals surface area contributed by atoms with Gasteiger partial charge in [-0.1, -0.05) is 0 Å². The number of rotatable bonds is 5. The largest absolute Gasteiger partial charge is 0.438 e. The molecule has 90 valence electrons. The van der Waals surface area contributed by atoms with Gasteiger partial charge < -0.3 is 14.7 Å². The van der Waals surface area contributed by atoms with Gasteiger partial charge in [-0.25, -0.2) is 4.98 Å². The zero-order valence-electron chi connectivity index (χ0n) is 9.41. The van der Waals surface area contributed by atoms with Crippen LogP contribution in [0.5, 0.6) is 11.6 Å². The molecule has 0 bridgehead atoms. The number of thiophene rings is 1. The SMILES string of the molecule is CN(CCO)c1nccc(Oc2ccsc2)n1. The lowest BCUT2D eigenvalue weighted by atomic mass is 10.5. The Labute approximate surface area is 103 Å². The molecule has 0 aliphatic carbocycles. The van der Waals surface area contributed by atoms with Crippen LogP contribution in [0, 0.1) is 0 Å². The fourth-order valence-electron chi connectivity index (χ4n) is 1.25. The summed E-state index contributed by atoms with van der Waals surface area (Å²) in [7, 11) is 1.82. The van der Waals surface area contributed by atoms with Crippen LogP contribution in [0.15, 0.2) is 29.1 Å². The lowest BCUT2D eigenvalue weighted by molar-refractivity contribution is 0.303. The smallest absolute Gasteiger partial charge is 0.228 e. The molecule has 2 rings (SSSR count). The lowest BCUT2D eigenvalue weighted by Gasteiger charge is -2.15. The van der Waals surface area contributed by atoms with Crippen molar-refractivity contribution < 1.29 is 9.84 Å². The predicted molar refractivity (Wildman–Crippen MR) is 66.8 cm³/mol. The van der Waals surface area contributed by atoms with Gasteiger partial charge in [-0.2, -0.15) is 4.98 Å². The van der Waals surface area contributed by atoms with Crippen LogP contribution in [-0.2, 0) is 0 Å². The average Bonchev–Trinajstić information content (AvgIpc) is 2.82. The molecule has 0 radical (unpaired) electrons. The zero-order valence-corrected chi connectivity index (χ0v) is 10.2. The van der Waals surface area contributed by atoms with Crippen LogP contribution >= 0.6 is 11.3 Å².